The van der Waals surface area contributed by atoms with Crippen LogP contribution in [0.2, 0.25) is 0 Å². The summed E-state index contributed by atoms with van der Waals surface area (Å²) in [7, 11) is 0. The van der Waals surface area contributed by atoms with E-state index in [1.807, 2.05) is 38.1 Å². The molecule has 1 saturated heterocycles. The van der Waals surface area contributed by atoms with E-state index in [0.717, 1.165) is 23.3 Å². The molecule has 3 aromatic rings. The van der Waals surface area contributed by atoms with E-state index in [4.69, 9.17) is 5.73 Å². The fourth-order valence-corrected chi connectivity index (χ4v) is 4.62. The zero-order valence-corrected chi connectivity index (χ0v) is 21.8. The predicted molar refractivity (Wildman–Crippen MR) is 149 cm³/mol. The number of benzene rings is 3. The molecule has 39 heavy (non-hydrogen) atoms. The van der Waals surface area contributed by atoms with Gasteiger partial charge >= 0.3 is 0 Å². The van der Waals surface area contributed by atoms with Crippen molar-refractivity contribution >= 4 is 35.0 Å². The number of aliphatic hydroxyl groups is 1. The molecule has 0 spiro atoms. The molecule has 4 rings (SSSR count). The first-order valence-corrected chi connectivity index (χ1v) is 12.6. The zero-order valence-electron chi connectivity index (χ0n) is 21.8. The average molecular weight is 535 g/mol. The van der Waals surface area contributed by atoms with Crippen molar-refractivity contribution in [3.63, 3.8) is 0 Å². The van der Waals surface area contributed by atoms with Crippen molar-refractivity contribution in [3.05, 3.63) is 95.6 Å². The monoisotopic (exact) mass is 534 g/mol. The summed E-state index contributed by atoms with van der Waals surface area (Å²) in [6, 6.07) is 17.8. The molecule has 1 aliphatic heterocycles. The Morgan fingerprint density at radius 2 is 1.74 bits per heavy atom. The van der Waals surface area contributed by atoms with Crippen LogP contribution in [-0.4, -0.2) is 47.1 Å². The molecule has 3 aromatic carbocycles. The number of hydrogen-bond donors (Lipinski definition) is 4. The number of nitrogens with zero attached hydrogens (tertiary/aromatic N) is 1. The van der Waals surface area contributed by atoms with Crippen LogP contribution in [0.15, 0.2) is 72.8 Å². The van der Waals surface area contributed by atoms with Crippen LogP contribution >= 0.6 is 0 Å². The lowest BCUT2D eigenvalue weighted by atomic mass is 9.88. The summed E-state index contributed by atoms with van der Waals surface area (Å²) < 4.78 is 27.0. The molecule has 204 valence electrons. The highest BCUT2D eigenvalue weighted by Crippen LogP contribution is 2.37. The maximum absolute atomic E-state index is 13.7. The van der Waals surface area contributed by atoms with Gasteiger partial charge in [-0.05, 0) is 55.3 Å². The highest BCUT2D eigenvalue weighted by atomic mass is 19.2. The third-order valence-electron chi connectivity index (χ3n) is 7.10. The summed E-state index contributed by atoms with van der Waals surface area (Å²) >= 11 is 0. The fraction of sp³-hybridized carbons (Fsp3) is 0.267. The van der Waals surface area contributed by atoms with Crippen LogP contribution in [0.1, 0.15) is 30.9 Å². The van der Waals surface area contributed by atoms with Gasteiger partial charge in [0, 0.05) is 42.4 Å². The number of halogens is 2. The summed E-state index contributed by atoms with van der Waals surface area (Å²) in [6.07, 6.45) is 3.10. The molecule has 2 unspecified atom stereocenters. The van der Waals surface area contributed by atoms with E-state index in [1.54, 1.807) is 30.3 Å². The molecule has 1 fully saturated rings. The second-order valence-electron chi connectivity index (χ2n) is 10.3. The van der Waals surface area contributed by atoms with Crippen molar-refractivity contribution in [3.8, 4) is 0 Å². The van der Waals surface area contributed by atoms with E-state index in [0.29, 0.717) is 24.5 Å². The van der Waals surface area contributed by atoms with Gasteiger partial charge in [0.15, 0.2) is 11.6 Å². The number of anilines is 3. The molecule has 9 heteroatoms. The van der Waals surface area contributed by atoms with Crippen LogP contribution < -0.4 is 16.4 Å². The van der Waals surface area contributed by atoms with Gasteiger partial charge in [0.2, 0.25) is 11.8 Å². The topological polar surface area (TPSA) is 108 Å². The van der Waals surface area contributed by atoms with Gasteiger partial charge in [0.05, 0.1) is 23.9 Å². The minimum Gasteiger partial charge on any atom is -0.397 e. The SMILES string of the molecule is CC(C)(CO)N1CC(C(=O)Nc2ccc(F)c(F)c2)C(c2ccc(C=CC(=O)Nc3ccccc3N)cc2)C1. The molecule has 7 nitrogen and oxygen atoms in total. The standard InChI is InChI=1S/C30H32F2N4O3/c1-30(2,18-37)36-16-22(23(17-36)29(39)34-21-12-13-24(31)25(32)15-21)20-10-7-19(8-11-20)9-14-28(38)35-27-6-4-3-5-26(27)33/h3-15,22-23,37H,16-18,33H2,1-2H3,(H,34,39)(H,35,38). The Balaban J connectivity index is 1.49. The Morgan fingerprint density at radius 3 is 2.41 bits per heavy atom. The molecule has 1 aliphatic rings. The van der Waals surface area contributed by atoms with Gasteiger partial charge in [-0.15, -0.1) is 0 Å². The Morgan fingerprint density at radius 1 is 1.03 bits per heavy atom. The first-order valence-electron chi connectivity index (χ1n) is 12.6. The van der Waals surface area contributed by atoms with Crippen molar-refractivity contribution in [2.24, 2.45) is 5.92 Å². The quantitative estimate of drug-likeness (QED) is 0.249. The van der Waals surface area contributed by atoms with Crippen LogP contribution in [0.3, 0.4) is 0 Å². The number of aliphatic hydroxyl groups excluding tert-OH is 1. The lowest BCUT2D eigenvalue weighted by Gasteiger charge is -2.33. The highest BCUT2D eigenvalue weighted by Gasteiger charge is 2.43. The number of para-hydroxylation sites is 2. The van der Waals surface area contributed by atoms with E-state index in [1.165, 1.54) is 12.1 Å². The number of rotatable bonds is 8. The van der Waals surface area contributed by atoms with Crippen molar-refractivity contribution in [2.45, 2.75) is 25.3 Å². The Bertz CT molecular complexity index is 1370. The number of likely N-dealkylation sites (tertiary alicyclic amines) is 1. The van der Waals surface area contributed by atoms with Crippen molar-refractivity contribution in [2.75, 3.05) is 36.1 Å². The third-order valence-corrected chi connectivity index (χ3v) is 7.10. The number of nitrogen functional groups attached to an aromatic ring is 1. The van der Waals surface area contributed by atoms with Crippen molar-refractivity contribution in [1.29, 1.82) is 0 Å². The summed E-state index contributed by atoms with van der Waals surface area (Å²) in [5.74, 6) is -3.36. The van der Waals surface area contributed by atoms with E-state index in [9.17, 15) is 23.5 Å². The smallest absolute Gasteiger partial charge is 0.248 e. The van der Waals surface area contributed by atoms with Crippen LogP contribution in [0.4, 0.5) is 25.8 Å². The van der Waals surface area contributed by atoms with Crippen molar-refractivity contribution < 1.29 is 23.5 Å². The van der Waals surface area contributed by atoms with Crippen LogP contribution in [-0.2, 0) is 9.59 Å². The second kappa shape index (κ2) is 11.8. The van der Waals surface area contributed by atoms with Gasteiger partial charge in [-0.2, -0.15) is 0 Å². The lowest BCUT2D eigenvalue weighted by Crippen LogP contribution is -2.46. The van der Waals surface area contributed by atoms with Crippen LogP contribution in [0, 0.1) is 17.6 Å². The third kappa shape index (κ3) is 6.68. The Hall–Kier alpha value is -4.08. The van der Waals surface area contributed by atoms with E-state index >= 15 is 0 Å². The van der Waals surface area contributed by atoms with Gasteiger partial charge < -0.3 is 21.5 Å². The maximum Gasteiger partial charge on any atom is 0.248 e. The van der Waals surface area contributed by atoms with Gasteiger partial charge in [-0.25, -0.2) is 8.78 Å². The molecule has 5 N–H and O–H groups in total. The molecule has 2 atom stereocenters. The first-order chi connectivity index (χ1) is 18.6. The van der Waals surface area contributed by atoms with E-state index in [2.05, 4.69) is 15.5 Å². The molecule has 0 radical (unpaired) electrons. The summed E-state index contributed by atoms with van der Waals surface area (Å²) in [6.45, 7) is 4.64. The lowest BCUT2D eigenvalue weighted by molar-refractivity contribution is -0.120. The average Bonchev–Trinajstić information content (AvgIpc) is 3.38. The number of nitrogens with one attached hydrogen (secondary N) is 2. The van der Waals surface area contributed by atoms with E-state index in [-0.39, 0.29) is 30.0 Å². The summed E-state index contributed by atoms with van der Waals surface area (Å²) in [4.78, 5) is 27.7. The normalized spacial score (nSPS) is 17.9. The molecule has 0 aromatic heterocycles. The molecule has 0 saturated carbocycles. The molecular formula is C30H32F2N4O3. The molecule has 2 amide bonds. The maximum atomic E-state index is 13.7. The molecule has 0 bridgehead atoms. The predicted octanol–water partition coefficient (Wildman–Crippen LogP) is 4.62. The molecule has 1 heterocycles. The largest absolute Gasteiger partial charge is 0.397 e. The van der Waals surface area contributed by atoms with Gasteiger partial charge in [0.25, 0.3) is 0 Å². The number of hydrogen-bond acceptors (Lipinski definition) is 5. The first kappa shape index (κ1) is 27.9. The number of carbonyl (C=O) groups excluding carboxylic acids is 2. The minimum atomic E-state index is -1.04. The number of carbonyl (C=O) groups is 2. The zero-order chi connectivity index (χ0) is 28.2. The van der Waals surface area contributed by atoms with E-state index < -0.39 is 23.1 Å². The van der Waals surface area contributed by atoms with Gasteiger partial charge in [-0.3, -0.25) is 14.5 Å². The number of nitrogens with two attached hydrogens (primary N) is 1. The Labute approximate surface area is 226 Å². The second-order valence-corrected chi connectivity index (χ2v) is 10.3. The van der Waals surface area contributed by atoms with Gasteiger partial charge in [-0.1, -0.05) is 36.4 Å². The summed E-state index contributed by atoms with van der Waals surface area (Å²) in [5, 5.41) is 15.4. The van der Waals surface area contributed by atoms with Crippen LogP contribution in [0.25, 0.3) is 6.08 Å². The van der Waals surface area contributed by atoms with Crippen molar-refractivity contribution in [1.82, 2.24) is 4.90 Å². The van der Waals surface area contributed by atoms with Gasteiger partial charge in [0.1, 0.15) is 0 Å². The van der Waals surface area contributed by atoms with Crippen LogP contribution in [0.5, 0.6) is 0 Å². The fourth-order valence-electron chi connectivity index (χ4n) is 4.62. The highest BCUT2D eigenvalue weighted by molar-refractivity contribution is 6.03. The molecule has 0 aliphatic carbocycles. The molecular weight excluding hydrogens is 502 g/mol. The summed E-state index contributed by atoms with van der Waals surface area (Å²) in [5.41, 5.74) is 8.21. The Kier molecular flexibility index (Phi) is 8.42. The number of amides is 2. The minimum absolute atomic E-state index is 0.0857.